The van der Waals surface area contributed by atoms with Crippen LogP contribution in [0.2, 0.25) is 0 Å². The van der Waals surface area contributed by atoms with E-state index in [1.54, 1.807) is 18.2 Å². The molecule has 1 aliphatic heterocycles. The van der Waals surface area contributed by atoms with Crippen molar-refractivity contribution in [1.82, 2.24) is 0 Å². The van der Waals surface area contributed by atoms with E-state index in [1.807, 2.05) is 0 Å². The van der Waals surface area contributed by atoms with Gasteiger partial charge in [0.1, 0.15) is 6.04 Å². The van der Waals surface area contributed by atoms with Gasteiger partial charge in [-0.3, -0.25) is 0 Å². The summed E-state index contributed by atoms with van der Waals surface area (Å²) < 4.78 is 39.1. The molecule has 3 rings (SSSR count). The largest absolute Gasteiger partial charge is 0.479 e. The number of para-hydroxylation sites is 1. The normalized spacial score (nSPS) is 20.4. The number of rotatable bonds is 1. The van der Waals surface area contributed by atoms with Crippen LogP contribution in [0.4, 0.5) is 18.9 Å². The van der Waals surface area contributed by atoms with Crippen LogP contribution in [0.1, 0.15) is 17.5 Å². The molecule has 2 aliphatic rings. The number of hydrogen-bond acceptors (Lipinski definition) is 2. The Labute approximate surface area is 112 Å². The van der Waals surface area contributed by atoms with Gasteiger partial charge in [0.05, 0.1) is 11.3 Å². The number of allylic oxidation sites excluding steroid dienone is 3. The fourth-order valence-corrected chi connectivity index (χ4v) is 2.67. The lowest BCUT2D eigenvalue weighted by Crippen LogP contribution is -2.35. The summed E-state index contributed by atoms with van der Waals surface area (Å²) in [5.41, 5.74) is 0.591. The highest BCUT2D eigenvalue weighted by molar-refractivity contribution is 5.97. The van der Waals surface area contributed by atoms with E-state index in [1.165, 1.54) is 6.07 Å². The van der Waals surface area contributed by atoms with E-state index >= 15 is 0 Å². The average molecular weight is 281 g/mol. The van der Waals surface area contributed by atoms with Crippen LogP contribution in [0, 0.1) is 0 Å². The van der Waals surface area contributed by atoms with Gasteiger partial charge in [-0.15, -0.1) is 0 Å². The number of anilines is 1. The number of benzene rings is 1. The molecule has 1 unspecified atom stereocenters. The lowest BCUT2D eigenvalue weighted by molar-refractivity contribution is -0.139. The van der Waals surface area contributed by atoms with Crippen LogP contribution in [0.5, 0.6) is 0 Å². The quantitative estimate of drug-likeness (QED) is 0.830. The number of halogens is 3. The minimum atomic E-state index is -4.53. The summed E-state index contributed by atoms with van der Waals surface area (Å²) in [6.45, 7) is 0. The van der Waals surface area contributed by atoms with Gasteiger partial charge in [0.15, 0.2) is 0 Å². The summed E-state index contributed by atoms with van der Waals surface area (Å²) in [7, 11) is 0. The van der Waals surface area contributed by atoms with Gasteiger partial charge in [0.25, 0.3) is 0 Å². The second kappa shape index (κ2) is 4.13. The number of carbonyl (C=O) groups is 1. The number of aliphatic carboxylic acids is 1. The lowest BCUT2D eigenvalue weighted by atomic mass is 9.89. The minimum absolute atomic E-state index is 0.155. The molecule has 1 atom stereocenters. The third-order valence-corrected chi connectivity index (χ3v) is 3.51. The van der Waals surface area contributed by atoms with E-state index in [4.69, 9.17) is 0 Å². The first-order valence-corrected chi connectivity index (χ1v) is 5.99. The minimum Gasteiger partial charge on any atom is -0.479 e. The van der Waals surface area contributed by atoms with Gasteiger partial charge in [0, 0.05) is 5.56 Å². The Hall–Kier alpha value is -2.24. The van der Waals surface area contributed by atoms with Crippen molar-refractivity contribution in [3.63, 3.8) is 0 Å². The molecule has 0 radical (unpaired) electrons. The molecule has 104 valence electrons. The fourth-order valence-electron chi connectivity index (χ4n) is 2.67. The molecule has 6 heteroatoms. The summed E-state index contributed by atoms with van der Waals surface area (Å²) >= 11 is 0. The molecule has 3 nitrogen and oxygen atoms in total. The lowest BCUT2D eigenvalue weighted by Gasteiger charge is -2.28. The third-order valence-electron chi connectivity index (χ3n) is 3.51. The number of fused-ring (bicyclic) bond motifs is 2. The van der Waals surface area contributed by atoms with Gasteiger partial charge >= 0.3 is 12.1 Å². The maximum atomic E-state index is 13.0. The smallest absolute Gasteiger partial charge is 0.418 e. The van der Waals surface area contributed by atoms with Gasteiger partial charge in [-0.2, -0.15) is 13.2 Å². The summed E-state index contributed by atoms with van der Waals surface area (Å²) in [6, 6.07) is 2.74. The van der Waals surface area contributed by atoms with Crippen molar-refractivity contribution in [2.75, 3.05) is 5.32 Å². The highest BCUT2D eigenvalue weighted by atomic mass is 19.4. The molecule has 0 fully saturated rings. The third kappa shape index (κ3) is 1.79. The Morgan fingerprint density at radius 1 is 1.35 bits per heavy atom. The van der Waals surface area contributed by atoms with Gasteiger partial charge in [-0.05, 0) is 23.6 Å². The summed E-state index contributed by atoms with van der Waals surface area (Å²) in [4.78, 5) is 11.3. The van der Waals surface area contributed by atoms with E-state index < -0.39 is 23.8 Å². The van der Waals surface area contributed by atoms with Gasteiger partial charge in [-0.1, -0.05) is 24.3 Å². The van der Waals surface area contributed by atoms with Crippen molar-refractivity contribution in [3.8, 4) is 0 Å². The molecule has 1 aliphatic carbocycles. The molecule has 1 aromatic carbocycles. The van der Waals surface area contributed by atoms with Crippen LogP contribution >= 0.6 is 0 Å². The number of carboxylic acids is 1. The van der Waals surface area contributed by atoms with E-state index in [0.29, 0.717) is 23.1 Å². The van der Waals surface area contributed by atoms with Crippen LogP contribution in [0.25, 0.3) is 5.57 Å². The Morgan fingerprint density at radius 2 is 2.10 bits per heavy atom. The molecule has 0 saturated carbocycles. The van der Waals surface area contributed by atoms with Crippen molar-refractivity contribution >= 4 is 17.2 Å². The Kier molecular flexibility index (Phi) is 2.64. The first kappa shape index (κ1) is 12.8. The van der Waals surface area contributed by atoms with Crippen LogP contribution in [0.3, 0.4) is 0 Å². The topological polar surface area (TPSA) is 49.3 Å². The molecule has 1 heterocycles. The molecular formula is C14H10F3NO2. The number of alkyl halides is 3. The predicted molar refractivity (Wildman–Crippen MR) is 67.2 cm³/mol. The van der Waals surface area contributed by atoms with Crippen molar-refractivity contribution < 1.29 is 23.1 Å². The maximum Gasteiger partial charge on any atom is 0.418 e. The number of carboxylic acid groups (broad SMARTS) is 1. The van der Waals surface area contributed by atoms with Crippen molar-refractivity contribution in [3.05, 3.63) is 47.1 Å². The standard InChI is InChI=1S/C14H10F3NO2/c15-14(16,17)10-6-2-5-8-7-3-1-4-9(7)12(13(19)20)18-11(8)10/h1-3,5-6,12,18H,4H2,(H,19,20). The number of hydrogen-bond donors (Lipinski definition) is 2. The van der Waals surface area contributed by atoms with Crippen LogP contribution in [0.15, 0.2) is 35.9 Å². The maximum absolute atomic E-state index is 13.0. The molecule has 20 heavy (non-hydrogen) atoms. The molecule has 0 saturated heterocycles. The molecule has 0 spiro atoms. The first-order valence-electron chi connectivity index (χ1n) is 5.99. The Morgan fingerprint density at radius 3 is 2.75 bits per heavy atom. The molecule has 0 aromatic heterocycles. The Bertz CT molecular complexity index is 659. The SMILES string of the molecule is O=C(O)C1Nc2c(cccc2C(F)(F)F)C2=C1CC=C2. The second-order valence-electron chi connectivity index (χ2n) is 4.69. The van der Waals surface area contributed by atoms with E-state index in [2.05, 4.69) is 5.32 Å². The number of nitrogens with one attached hydrogen (secondary N) is 1. The van der Waals surface area contributed by atoms with Gasteiger partial charge < -0.3 is 10.4 Å². The van der Waals surface area contributed by atoms with E-state index in [0.717, 1.165) is 6.07 Å². The second-order valence-corrected chi connectivity index (χ2v) is 4.69. The zero-order valence-corrected chi connectivity index (χ0v) is 10.2. The van der Waals surface area contributed by atoms with E-state index in [-0.39, 0.29) is 5.69 Å². The molecule has 0 amide bonds. The van der Waals surface area contributed by atoms with Crippen molar-refractivity contribution in [2.24, 2.45) is 0 Å². The average Bonchev–Trinajstić information content (AvgIpc) is 2.84. The van der Waals surface area contributed by atoms with Crippen molar-refractivity contribution in [2.45, 2.75) is 18.6 Å². The van der Waals surface area contributed by atoms with Crippen LogP contribution in [-0.4, -0.2) is 17.1 Å². The van der Waals surface area contributed by atoms with Gasteiger partial charge in [-0.25, -0.2) is 4.79 Å². The highest BCUT2D eigenvalue weighted by Gasteiger charge is 2.39. The zero-order valence-electron chi connectivity index (χ0n) is 10.2. The van der Waals surface area contributed by atoms with Gasteiger partial charge in [0.2, 0.25) is 0 Å². The highest BCUT2D eigenvalue weighted by Crippen LogP contribution is 2.45. The predicted octanol–water partition coefficient (Wildman–Crippen LogP) is 3.30. The molecule has 0 bridgehead atoms. The van der Waals surface area contributed by atoms with Crippen LogP contribution < -0.4 is 5.32 Å². The molecule has 1 aromatic rings. The summed E-state index contributed by atoms with van der Waals surface area (Å²) in [5.74, 6) is -1.18. The monoisotopic (exact) mass is 281 g/mol. The van der Waals surface area contributed by atoms with E-state index in [9.17, 15) is 23.1 Å². The van der Waals surface area contributed by atoms with Crippen LogP contribution in [-0.2, 0) is 11.0 Å². The zero-order chi connectivity index (χ0) is 14.5. The first-order chi connectivity index (χ1) is 9.39. The molecular weight excluding hydrogens is 271 g/mol. The van der Waals surface area contributed by atoms with Crippen molar-refractivity contribution in [1.29, 1.82) is 0 Å². The fraction of sp³-hybridized carbons (Fsp3) is 0.214. The summed E-state index contributed by atoms with van der Waals surface area (Å²) in [5, 5.41) is 11.7. The molecule has 2 N–H and O–H groups in total. The Balaban J connectivity index is 2.23. The summed E-state index contributed by atoms with van der Waals surface area (Å²) in [6.07, 6.45) is -0.639.